The maximum atomic E-state index is 10.8. The number of amides is 1. The minimum Gasteiger partial charge on any atom is -0.453 e. The van der Waals surface area contributed by atoms with Gasteiger partial charge in [0.05, 0.1) is 12.9 Å². The maximum absolute atomic E-state index is 10.8. The summed E-state index contributed by atoms with van der Waals surface area (Å²) in [6.45, 7) is 0. The lowest BCUT2D eigenvalue weighted by atomic mass is 10.1. The molecule has 0 aromatic heterocycles. The summed E-state index contributed by atoms with van der Waals surface area (Å²) in [6.07, 6.45) is 2.10. The van der Waals surface area contributed by atoms with Gasteiger partial charge in [0.2, 0.25) is 0 Å². The summed E-state index contributed by atoms with van der Waals surface area (Å²) in [7, 11) is 1.34. The second-order valence-electron chi connectivity index (χ2n) is 3.30. The minimum atomic E-state index is -0.408. The molecule has 5 nitrogen and oxygen atoms in total. The van der Waals surface area contributed by atoms with Crippen molar-refractivity contribution in [3.63, 3.8) is 0 Å². The molecule has 0 saturated heterocycles. The zero-order valence-electron chi connectivity index (χ0n) is 7.67. The van der Waals surface area contributed by atoms with Crippen LogP contribution in [-0.4, -0.2) is 25.1 Å². The Morgan fingerprint density at radius 2 is 2.31 bits per heavy atom. The van der Waals surface area contributed by atoms with Crippen molar-refractivity contribution in [3.05, 3.63) is 0 Å². The molecule has 5 heteroatoms. The van der Waals surface area contributed by atoms with E-state index >= 15 is 0 Å². The maximum Gasteiger partial charge on any atom is 0.407 e. The number of nitrogens with one attached hydrogen (secondary N) is 2. The summed E-state index contributed by atoms with van der Waals surface area (Å²) in [5.41, 5.74) is 5.36. The molecule has 1 aliphatic rings. The summed E-state index contributed by atoms with van der Waals surface area (Å²) >= 11 is 0. The van der Waals surface area contributed by atoms with Crippen molar-refractivity contribution in [1.82, 2.24) is 5.32 Å². The van der Waals surface area contributed by atoms with Crippen LogP contribution in [0.5, 0.6) is 0 Å². The van der Waals surface area contributed by atoms with E-state index in [9.17, 15) is 4.79 Å². The van der Waals surface area contributed by atoms with Gasteiger partial charge < -0.3 is 15.8 Å². The molecular weight excluding hydrogens is 170 g/mol. The molecule has 0 aromatic carbocycles. The van der Waals surface area contributed by atoms with Gasteiger partial charge >= 0.3 is 6.09 Å². The second-order valence-corrected chi connectivity index (χ2v) is 3.30. The highest BCUT2D eigenvalue weighted by molar-refractivity contribution is 5.80. The highest BCUT2D eigenvalue weighted by Crippen LogP contribution is 2.25. The monoisotopic (exact) mass is 185 g/mol. The van der Waals surface area contributed by atoms with Crippen LogP contribution in [0.25, 0.3) is 0 Å². The molecule has 1 fully saturated rings. The Kier molecular flexibility index (Phi) is 3.11. The Morgan fingerprint density at radius 1 is 1.62 bits per heavy atom. The number of nitrogens with two attached hydrogens (primary N) is 1. The molecule has 0 heterocycles. The predicted molar refractivity (Wildman–Crippen MR) is 48.6 cm³/mol. The van der Waals surface area contributed by atoms with Gasteiger partial charge in [-0.3, -0.25) is 5.41 Å². The average Bonchev–Trinajstić information content (AvgIpc) is 2.52. The van der Waals surface area contributed by atoms with Crippen molar-refractivity contribution in [2.45, 2.75) is 25.3 Å². The molecule has 1 saturated carbocycles. The van der Waals surface area contributed by atoms with Crippen LogP contribution in [0.15, 0.2) is 0 Å². The molecule has 4 N–H and O–H groups in total. The van der Waals surface area contributed by atoms with E-state index in [0.29, 0.717) is 0 Å². The lowest BCUT2D eigenvalue weighted by Crippen LogP contribution is -2.33. The molecule has 2 atom stereocenters. The van der Waals surface area contributed by atoms with Crippen molar-refractivity contribution in [2.75, 3.05) is 7.11 Å². The molecule has 1 aliphatic carbocycles. The molecular formula is C8H15N3O2. The number of hydrogen-bond donors (Lipinski definition) is 3. The Hall–Kier alpha value is -1.26. The van der Waals surface area contributed by atoms with Crippen LogP contribution in [0.4, 0.5) is 4.79 Å². The van der Waals surface area contributed by atoms with Crippen LogP contribution in [0.3, 0.4) is 0 Å². The highest BCUT2D eigenvalue weighted by Gasteiger charge is 2.27. The SMILES string of the molecule is COC(=O)NC1CCC(C(=N)N)C1. The van der Waals surface area contributed by atoms with Crippen molar-refractivity contribution in [1.29, 1.82) is 5.41 Å². The summed E-state index contributed by atoms with van der Waals surface area (Å²) < 4.78 is 4.47. The zero-order chi connectivity index (χ0) is 9.84. The van der Waals surface area contributed by atoms with Gasteiger partial charge in [0.15, 0.2) is 0 Å². The largest absolute Gasteiger partial charge is 0.453 e. The number of methoxy groups -OCH3 is 1. The molecule has 0 radical (unpaired) electrons. The van der Waals surface area contributed by atoms with Gasteiger partial charge in [0.1, 0.15) is 0 Å². The molecule has 0 bridgehead atoms. The molecule has 0 aromatic rings. The van der Waals surface area contributed by atoms with E-state index in [1.54, 1.807) is 0 Å². The van der Waals surface area contributed by atoms with Crippen LogP contribution in [0.2, 0.25) is 0 Å². The fraction of sp³-hybridized carbons (Fsp3) is 0.750. The molecule has 74 valence electrons. The predicted octanol–water partition coefficient (Wildman–Crippen LogP) is 0.447. The third-order valence-corrected chi connectivity index (χ3v) is 2.38. The Labute approximate surface area is 77.1 Å². The first-order valence-corrected chi connectivity index (χ1v) is 4.32. The summed E-state index contributed by atoms with van der Waals surface area (Å²) in [6, 6.07) is 0.112. The quantitative estimate of drug-likeness (QED) is 0.431. The van der Waals surface area contributed by atoms with Gasteiger partial charge in [-0.25, -0.2) is 4.79 Å². The molecule has 1 rings (SSSR count). The van der Waals surface area contributed by atoms with Crippen molar-refractivity contribution in [2.24, 2.45) is 11.7 Å². The first kappa shape index (κ1) is 9.83. The third-order valence-electron chi connectivity index (χ3n) is 2.38. The molecule has 0 aliphatic heterocycles. The van der Waals surface area contributed by atoms with Crippen molar-refractivity contribution in [3.8, 4) is 0 Å². The third kappa shape index (κ3) is 2.61. The van der Waals surface area contributed by atoms with Gasteiger partial charge in [-0.1, -0.05) is 0 Å². The van der Waals surface area contributed by atoms with Crippen LogP contribution in [0, 0.1) is 11.3 Å². The van der Waals surface area contributed by atoms with E-state index in [2.05, 4.69) is 10.1 Å². The van der Waals surface area contributed by atoms with E-state index in [4.69, 9.17) is 11.1 Å². The van der Waals surface area contributed by atoms with Gasteiger partial charge in [-0.05, 0) is 19.3 Å². The minimum absolute atomic E-state index is 0.112. The molecule has 13 heavy (non-hydrogen) atoms. The Balaban J connectivity index is 2.33. The van der Waals surface area contributed by atoms with Gasteiger partial charge in [0.25, 0.3) is 0 Å². The lowest BCUT2D eigenvalue weighted by molar-refractivity contribution is 0.166. The highest BCUT2D eigenvalue weighted by atomic mass is 16.5. The van der Waals surface area contributed by atoms with Crippen LogP contribution < -0.4 is 11.1 Å². The summed E-state index contributed by atoms with van der Waals surface area (Å²) in [5, 5.41) is 9.94. The van der Waals surface area contributed by atoms with Gasteiger partial charge in [-0.2, -0.15) is 0 Å². The van der Waals surface area contributed by atoms with E-state index < -0.39 is 6.09 Å². The van der Waals surface area contributed by atoms with Crippen molar-refractivity contribution >= 4 is 11.9 Å². The van der Waals surface area contributed by atoms with E-state index in [1.807, 2.05) is 0 Å². The average molecular weight is 185 g/mol. The number of carbonyl (C=O) groups is 1. The van der Waals surface area contributed by atoms with E-state index in [-0.39, 0.29) is 17.8 Å². The molecule has 2 unspecified atom stereocenters. The van der Waals surface area contributed by atoms with Crippen LogP contribution in [-0.2, 0) is 4.74 Å². The van der Waals surface area contributed by atoms with E-state index in [0.717, 1.165) is 19.3 Å². The van der Waals surface area contributed by atoms with E-state index in [1.165, 1.54) is 7.11 Å². The number of amidine groups is 1. The fourth-order valence-corrected chi connectivity index (χ4v) is 1.62. The lowest BCUT2D eigenvalue weighted by Gasteiger charge is -2.11. The first-order valence-electron chi connectivity index (χ1n) is 4.32. The summed E-state index contributed by atoms with van der Waals surface area (Å²) in [5.74, 6) is 0.344. The standard InChI is InChI=1S/C8H15N3O2/c1-13-8(12)11-6-3-2-5(4-6)7(9)10/h5-6H,2-4H2,1H3,(H3,9,10)(H,11,12). The van der Waals surface area contributed by atoms with Crippen LogP contribution in [0.1, 0.15) is 19.3 Å². The van der Waals surface area contributed by atoms with Gasteiger partial charge in [-0.15, -0.1) is 0 Å². The van der Waals surface area contributed by atoms with Gasteiger partial charge in [0, 0.05) is 12.0 Å². The first-order chi connectivity index (χ1) is 6.13. The van der Waals surface area contributed by atoms with Crippen molar-refractivity contribution < 1.29 is 9.53 Å². The Morgan fingerprint density at radius 3 is 2.77 bits per heavy atom. The number of carbonyl (C=O) groups excluding carboxylic acids is 1. The number of rotatable bonds is 2. The Bertz CT molecular complexity index is 217. The smallest absolute Gasteiger partial charge is 0.407 e. The molecule has 1 amide bonds. The number of alkyl carbamates (subject to hydrolysis) is 1. The number of hydrogen-bond acceptors (Lipinski definition) is 3. The number of ether oxygens (including phenoxy) is 1. The second kappa shape index (κ2) is 4.11. The normalized spacial score (nSPS) is 26.8. The summed E-state index contributed by atoms with van der Waals surface area (Å²) in [4.78, 5) is 10.8. The van der Waals surface area contributed by atoms with Crippen LogP contribution >= 0.6 is 0 Å². The fourth-order valence-electron chi connectivity index (χ4n) is 1.62. The topological polar surface area (TPSA) is 88.2 Å². The zero-order valence-corrected chi connectivity index (χ0v) is 7.67. The molecule has 0 spiro atoms.